The fraction of sp³-hybridized carbons (Fsp3) is 0.263. The van der Waals surface area contributed by atoms with Crippen LogP contribution < -0.4 is 5.43 Å². The highest BCUT2D eigenvalue weighted by Gasteiger charge is 2.19. The van der Waals surface area contributed by atoms with E-state index in [0.717, 1.165) is 0 Å². The number of ether oxygens (including phenoxy) is 1. The fourth-order valence-electron chi connectivity index (χ4n) is 3.32. The zero-order valence-corrected chi connectivity index (χ0v) is 13.6. The second-order valence-corrected chi connectivity index (χ2v) is 6.09. The topological polar surface area (TPSA) is 51.5 Å². The number of rotatable bonds is 2. The Labute approximate surface area is 143 Å². The fourth-order valence-corrected chi connectivity index (χ4v) is 3.32. The van der Waals surface area contributed by atoms with Crippen molar-refractivity contribution in [3.63, 3.8) is 0 Å². The predicted molar refractivity (Wildman–Crippen MR) is 93.1 cm³/mol. The maximum Gasteiger partial charge on any atom is 0.242 e. The van der Waals surface area contributed by atoms with Crippen LogP contribution in [0.2, 0.25) is 0 Å². The average molecular weight is 340 g/mol. The Balaban J connectivity index is 1.89. The van der Waals surface area contributed by atoms with Gasteiger partial charge in [0.05, 0.1) is 24.2 Å². The van der Waals surface area contributed by atoms with Gasteiger partial charge in [0.25, 0.3) is 0 Å². The molecule has 0 radical (unpaired) electrons. The van der Waals surface area contributed by atoms with Crippen LogP contribution in [0.25, 0.3) is 21.8 Å². The van der Waals surface area contributed by atoms with Crippen LogP contribution in [0, 0.1) is 5.82 Å². The number of aromatic nitrogens is 1. The van der Waals surface area contributed by atoms with Crippen LogP contribution in [0.15, 0.2) is 47.3 Å². The minimum absolute atomic E-state index is 0.0391. The van der Waals surface area contributed by atoms with Gasteiger partial charge in [0.2, 0.25) is 5.91 Å². The first-order chi connectivity index (χ1) is 12.1. The van der Waals surface area contributed by atoms with Crippen LogP contribution >= 0.6 is 0 Å². The number of halogens is 1. The van der Waals surface area contributed by atoms with Gasteiger partial charge in [0, 0.05) is 23.9 Å². The molecule has 0 unspecified atom stereocenters. The van der Waals surface area contributed by atoms with Crippen LogP contribution in [0.1, 0.15) is 0 Å². The Kier molecular flexibility index (Phi) is 3.97. The molecule has 3 aromatic rings. The molecular weight excluding hydrogens is 323 g/mol. The van der Waals surface area contributed by atoms with Crippen molar-refractivity contribution in [2.24, 2.45) is 0 Å². The van der Waals surface area contributed by atoms with E-state index >= 15 is 0 Å². The van der Waals surface area contributed by atoms with Crippen molar-refractivity contribution in [2.45, 2.75) is 6.54 Å². The van der Waals surface area contributed by atoms with Gasteiger partial charge in [-0.2, -0.15) is 0 Å². The van der Waals surface area contributed by atoms with Gasteiger partial charge < -0.3 is 14.2 Å². The number of fused-ring (bicyclic) bond motifs is 2. The minimum atomic E-state index is -0.467. The molecule has 0 N–H and O–H groups in total. The highest BCUT2D eigenvalue weighted by atomic mass is 19.1. The van der Waals surface area contributed by atoms with Gasteiger partial charge in [0.1, 0.15) is 12.4 Å². The maximum absolute atomic E-state index is 13.7. The molecule has 1 aromatic heterocycles. The molecule has 25 heavy (non-hydrogen) atoms. The summed E-state index contributed by atoms with van der Waals surface area (Å²) in [5, 5.41) is 0.767. The summed E-state index contributed by atoms with van der Waals surface area (Å²) in [5.74, 6) is -0.506. The number of nitrogens with zero attached hydrogens (tertiary/aromatic N) is 2. The largest absolute Gasteiger partial charge is 0.378 e. The van der Waals surface area contributed by atoms with E-state index in [9.17, 15) is 14.0 Å². The summed E-state index contributed by atoms with van der Waals surface area (Å²) in [4.78, 5) is 27.1. The molecule has 0 spiro atoms. The third-order valence-corrected chi connectivity index (χ3v) is 4.59. The van der Waals surface area contributed by atoms with Crippen LogP contribution in [0.3, 0.4) is 0 Å². The van der Waals surface area contributed by atoms with E-state index in [0.29, 0.717) is 42.7 Å². The Bertz CT molecular complexity index is 1020. The second kappa shape index (κ2) is 6.29. The van der Waals surface area contributed by atoms with E-state index in [2.05, 4.69) is 0 Å². The van der Waals surface area contributed by atoms with E-state index in [4.69, 9.17) is 4.74 Å². The molecule has 0 atom stereocenters. The Morgan fingerprint density at radius 3 is 2.56 bits per heavy atom. The summed E-state index contributed by atoms with van der Waals surface area (Å²) < 4.78 is 20.7. The lowest BCUT2D eigenvalue weighted by Crippen LogP contribution is -2.42. The maximum atomic E-state index is 13.7. The van der Waals surface area contributed by atoms with E-state index in [1.807, 2.05) is 12.1 Å². The first-order valence-corrected chi connectivity index (χ1v) is 8.21. The number of pyridine rings is 1. The summed E-state index contributed by atoms with van der Waals surface area (Å²) in [5.41, 5.74) is 1.01. The van der Waals surface area contributed by atoms with Crippen molar-refractivity contribution in [1.82, 2.24) is 9.47 Å². The SMILES string of the molecule is O=C(Cn1c2ccccc2c(=O)c2cc(F)ccc21)N1CCOCC1. The van der Waals surface area contributed by atoms with Crippen LogP contribution in [-0.4, -0.2) is 41.7 Å². The first-order valence-electron chi connectivity index (χ1n) is 8.21. The standard InChI is InChI=1S/C19H17FN2O3/c20-13-5-6-17-15(11-13)19(24)14-3-1-2-4-16(14)22(17)12-18(23)21-7-9-25-10-8-21/h1-6,11H,7-10,12H2. The summed E-state index contributed by atoms with van der Waals surface area (Å²) in [6.07, 6.45) is 0. The van der Waals surface area contributed by atoms with Crippen LogP contribution in [-0.2, 0) is 16.1 Å². The summed E-state index contributed by atoms with van der Waals surface area (Å²) in [6.45, 7) is 2.28. The lowest BCUT2D eigenvalue weighted by Gasteiger charge is -2.27. The summed E-state index contributed by atoms with van der Waals surface area (Å²) in [7, 11) is 0. The van der Waals surface area contributed by atoms with Crippen LogP contribution in [0.4, 0.5) is 4.39 Å². The normalized spacial score (nSPS) is 15.0. The number of amides is 1. The van der Waals surface area contributed by atoms with Gasteiger partial charge >= 0.3 is 0 Å². The van der Waals surface area contributed by atoms with Crippen molar-refractivity contribution < 1.29 is 13.9 Å². The van der Waals surface area contributed by atoms with Gasteiger partial charge in [-0.05, 0) is 30.3 Å². The summed E-state index contributed by atoms with van der Waals surface area (Å²) in [6, 6.07) is 11.2. The average Bonchev–Trinajstić information content (AvgIpc) is 2.66. The summed E-state index contributed by atoms with van der Waals surface area (Å²) >= 11 is 0. The zero-order chi connectivity index (χ0) is 17.4. The highest BCUT2D eigenvalue weighted by molar-refractivity contribution is 5.94. The van der Waals surface area contributed by atoms with E-state index in [1.54, 1.807) is 27.7 Å². The molecule has 1 aliphatic heterocycles. The lowest BCUT2D eigenvalue weighted by atomic mass is 10.1. The molecule has 1 amide bonds. The first kappa shape index (κ1) is 15.8. The second-order valence-electron chi connectivity index (χ2n) is 6.09. The Morgan fingerprint density at radius 1 is 1.04 bits per heavy atom. The molecule has 0 aliphatic carbocycles. The minimum Gasteiger partial charge on any atom is -0.378 e. The Morgan fingerprint density at radius 2 is 1.76 bits per heavy atom. The van der Waals surface area contributed by atoms with E-state index < -0.39 is 5.82 Å². The number of carbonyl (C=O) groups excluding carboxylic acids is 1. The molecular formula is C19H17FN2O3. The molecule has 5 nitrogen and oxygen atoms in total. The Hall–Kier alpha value is -2.73. The molecule has 4 rings (SSSR count). The molecule has 2 aromatic carbocycles. The van der Waals surface area contributed by atoms with Gasteiger partial charge in [-0.3, -0.25) is 9.59 Å². The smallest absolute Gasteiger partial charge is 0.242 e. The van der Waals surface area contributed by atoms with Crippen molar-refractivity contribution in [2.75, 3.05) is 26.3 Å². The molecule has 6 heteroatoms. The number of benzene rings is 2. The third-order valence-electron chi connectivity index (χ3n) is 4.59. The number of morpholine rings is 1. The van der Waals surface area contributed by atoms with Gasteiger partial charge in [-0.1, -0.05) is 12.1 Å². The third kappa shape index (κ3) is 2.78. The molecule has 1 aliphatic rings. The molecule has 1 fully saturated rings. The van der Waals surface area contributed by atoms with Crippen molar-refractivity contribution in [1.29, 1.82) is 0 Å². The van der Waals surface area contributed by atoms with Crippen LogP contribution in [0.5, 0.6) is 0 Å². The number of hydrogen-bond acceptors (Lipinski definition) is 3. The highest BCUT2D eigenvalue weighted by Crippen LogP contribution is 2.20. The van der Waals surface area contributed by atoms with Crippen molar-refractivity contribution in [3.8, 4) is 0 Å². The van der Waals surface area contributed by atoms with Gasteiger partial charge in [0.15, 0.2) is 5.43 Å². The van der Waals surface area contributed by atoms with Gasteiger partial charge in [-0.15, -0.1) is 0 Å². The predicted octanol–water partition coefficient (Wildman–Crippen LogP) is 2.15. The number of carbonyl (C=O) groups is 1. The molecule has 128 valence electrons. The molecule has 2 heterocycles. The van der Waals surface area contributed by atoms with Gasteiger partial charge in [-0.25, -0.2) is 4.39 Å². The van der Waals surface area contributed by atoms with Crippen molar-refractivity contribution >= 4 is 27.7 Å². The van der Waals surface area contributed by atoms with Crippen molar-refractivity contribution in [3.05, 3.63) is 58.5 Å². The molecule has 0 bridgehead atoms. The van der Waals surface area contributed by atoms with E-state index in [1.165, 1.54) is 12.1 Å². The number of hydrogen-bond donors (Lipinski definition) is 0. The monoisotopic (exact) mass is 340 g/mol. The van der Waals surface area contributed by atoms with E-state index in [-0.39, 0.29) is 23.3 Å². The lowest BCUT2D eigenvalue weighted by molar-refractivity contribution is -0.135. The number of para-hydroxylation sites is 1. The molecule has 1 saturated heterocycles. The quantitative estimate of drug-likeness (QED) is 0.672. The molecule has 0 saturated carbocycles. The zero-order valence-electron chi connectivity index (χ0n) is 13.6.